The lowest BCUT2D eigenvalue weighted by Crippen LogP contribution is -2.28. The van der Waals surface area contributed by atoms with E-state index in [0.717, 1.165) is 5.56 Å². The highest BCUT2D eigenvalue weighted by molar-refractivity contribution is 6.31. The minimum absolute atomic E-state index is 0.0203. The van der Waals surface area contributed by atoms with Crippen LogP contribution in [-0.4, -0.2) is 36.0 Å². The zero-order valence-electron chi connectivity index (χ0n) is 10.4. The second kappa shape index (κ2) is 6.40. The molecule has 4 nitrogen and oxygen atoms in total. The fourth-order valence-electron chi connectivity index (χ4n) is 1.57. The third kappa shape index (κ3) is 4.04. The maximum absolute atomic E-state index is 11.6. The molecule has 5 heteroatoms. The summed E-state index contributed by atoms with van der Waals surface area (Å²) in [7, 11) is 3.22. The zero-order valence-corrected chi connectivity index (χ0v) is 11.1. The van der Waals surface area contributed by atoms with Crippen LogP contribution in [0.5, 0.6) is 0 Å². The Morgan fingerprint density at radius 1 is 1.33 bits per heavy atom. The Morgan fingerprint density at radius 3 is 2.44 bits per heavy atom. The van der Waals surface area contributed by atoms with Crippen LogP contribution in [0, 0.1) is 5.92 Å². The fraction of sp³-hybridized carbons (Fsp3) is 0.385. The molecule has 1 aromatic carbocycles. The quantitative estimate of drug-likeness (QED) is 0.890. The molecule has 0 aliphatic carbocycles. The fourth-order valence-corrected chi connectivity index (χ4v) is 1.78. The summed E-state index contributed by atoms with van der Waals surface area (Å²) >= 11 is 5.98. The van der Waals surface area contributed by atoms with E-state index in [4.69, 9.17) is 16.7 Å². The number of carbonyl (C=O) groups is 2. The van der Waals surface area contributed by atoms with Gasteiger partial charge in [-0.25, -0.2) is 0 Å². The summed E-state index contributed by atoms with van der Waals surface area (Å²) in [5.74, 6) is -1.93. The molecule has 1 aromatic rings. The molecule has 0 aliphatic heterocycles. The Morgan fingerprint density at radius 2 is 1.94 bits per heavy atom. The number of carboxylic acid groups (broad SMARTS) is 1. The average Bonchev–Trinajstić information content (AvgIpc) is 2.30. The van der Waals surface area contributed by atoms with Gasteiger partial charge < -0.3 is 10.0 Å². The lowest BCUT2D eigenvalue weighted by Gasteiger charge is -2.16. The summed E-state index contributed by atoms with van der Waals surface area (Å²) in [4.78, 5) is 24.1. The molecule has 98 valence electrons. The number of halogens is 1. The van der Waals surface area contributed by atoms with E-state index < -0.39 is 11.9 Å². The lowest BCUT2D eigenvalue weighted by atomic mass is 9.96. The van der Waals surface area contributed by atoms with Gasteiger partial charge in [-0.05, 0) is 18.1 Å². The molecule has 0 radical (unpaired) electrons. The van der Waals surface area contributed by atoms with Gasteiger partial charge in [0.2, 0.25) is 5.91 Å². The molecule has 1 N–H and O–H groups in total. The molecule has 0 aliphatic rings. The van der Waals surface area contributed by atoms with Gasteiger partial charge in [0, 0.05) is 25.5 Å². The Balaban J connectivity index is 2.79. The van der Waals surface area contributed by atoms with Crippen molar-refractivity contribution in [2.75, 3.05) is 14.1 Å². The van der Waals surface area contributed by atoms with Crippen molar-refractivity contribution in [2.45, 2.75) is 12.8 Å². The van der Waals surface area contributed by atoms with E-state index >= 15 is 0 Å². The van der Waals surface area contributed by atoms with Gasteiger partial charge in [-0.2, -0.15) is 0 Å². The number of nitrogens with zero attached hydrogens (tertiary/aromatic N) is 1. The molecule has 1 amide bonds. The van der Waals surface area contributed by atoms with E-state index in [1.807, 2.05) is 0 Å². The van der Waals surface area contributed by atoms with Gasteiger partial charge in [0.15, 0.2) is 0 Å². The first-order valence-electron chi connectivity index (χ1n) is 5.58. The standard InChI is InChI=1S/C13H16ClNO3/c1-15(2)12(16)8-10(13(17)18)7-9-5-3-4-6-11(9)14/h3-6,10H,7-8H2,1-2H3,(H,17,18). The Bertz CT molecular complexity index is 446. The molecule has 1 unspecified atom stereocenters. The van der Waals surface area contributed by atoms with E-state index in [2.05, 4.69) is 0 Å². The van der Waals surface area contributed by atoms with Gasteiger partial charge in [0.25, 0.3) is 0 Å². The third-order valence-corrected chi connectivity index (χ3v) is 3.06. The molecule has 0 spiro atoms. The molecule has 0 heterocycles. The molecule has 1 atom stereocenters. The van der Waals surface area contributed by atoms with Crippen LogP contribution < -0.4 is 0 Å². The minimum atomic E-state index is -0.981. The minimum Gasteiger partial charge on any atom is -0.481 e. The number of carbonyl (C=O) groups excluding carboxylic acids is 1. The zero-order chi connectivity index (χ0) is 13.7. The molecular formula is C13H16ClNO3. The highest BCUT2D eigenvalue weighted by Crippen LogP contribution is 2.21. The van der Waals surface area contributed by atoms with Crippen molar-refractivity contribution in [1.82, 2.24) is 4.90 Å². The first-order chi connectivity index (χ1) is 8.41. The highest BCUT2D eigenvalue weighted by atomic mass is 35.5. The third-order valence-electron chi connectivity index (χ3n) is 2.69. The molecule has 0 aromatic heterocycles. The molecule has 0 saturated heterocycles. The molecule has 1 rings (SSSR count). The Kier molecular flexibility index (Phi) is 5.16. The molecule has 0 saturated carbocycles. The lowest BCUT2D eigenvalue weighted by molar-refractivity contribution is -0.145. The van der Waals surface area contributed by atoms with Gasteiger partial charge in [-0.15, -0.1) is 0 Å². The first-order valence-corrected chi connectivity index (χ1v) is 5.96. The predicted molar refractivity (Wildman–Crippen MR) is 69.6 cm³/mol. The van der Waals surface area contributed by atoms with Crippen molar-refractivity contribution in [3.8, 4) is 0 Å². The van der Waals surface area contributed by atoms with Crippen molar-refractivity contribution < 1.29 is 14.7 Å². The number of benzene rings is 1. The number of amides is 1. The summed E-state index contributed by atoms with van der Waals surface area (Å²) in [6.45, 7) is 0. The molecule has 0 bridgehead atoms. The smallest absolute Gasteiger partial charge is 0.307 e. The summed E-state index contributed by atoms with van der Waals surface area (Å²) in [5, 5.41) is 9.67. The second-order valence-electron chi connectivity index (χ2n) is 4.32. The summed E-state index contributed by atoms with van der Waals surface area (Å²) in [5.41, 5.74) is 0.748. The number of rotatable bonds is 5. The predicted octanol–water partition coefficient (Wildman–Crippen LogP) is 2.06. The van der Waals surface area contributed by atoms with Crippen LogP contribution in [0.2, 0.25) is 5.02 Å². The number of hydrogen-bond donors (Lipinski definition) is 1. The second-order valence-corrected chi connectivity index (χ2v) is 4.73. The number of carboxylic acids is 1. The van der Waals surface area contributed by atoms with Crippen LogP contribution in [0.1, 0.15) is 12.0 Å². The largest absolute Gasteiger partial charge is 0.481 e. The van der Waals surface area contributed by atoms with Crippen LogP contribution >= 0.6 is 11.6 Å². The topological polar surface area (TPSA) is 57.6 Å². The van der Waals surface area contributed by atoms with Gasteiger partial charge in [-0.3, -0.25) is 9.59 Å². The normalized spacial score (nSPS) is 11.9. The monoisotopic (exact) mass is 269 g/mol. The van der Waals surface area contributed by atoms with Gasteiger partial charge in [-0.1, -0.05) is 29.8 Å². The summed E-state index contributed by atoms with van der Waals surface area (Å²) < 4.78 is 0. The van der Waals surface area contributed by atoms with Crippen molar-refractivity contribution >= 4 is 23.5 Å². The van der Waals surface area contributed by atoms with Crippen molar-refractivity contribution in [3.63, 3.8) is 0 Å². The summed E-state index contributed by atoms with van der Waals surface area (Å²) in [6, 6.07) is 7.07. The van der Waals surface area contributed by atoms with E-state index in [0.29, 0.717) is 5.02 Å². The van der Waals surface area contributed by atoms with Crippen molar-refractivity contribution in [3.05, 3.63) is 34.9 Å². The maximum Gasteiger partial charge on any atom is 0.307 e. The number of hydrogen-bond acceptors (Lipinski definition) is 2. The van der Waals surface area contributed by atoms with Crippen LogP contribution in [0.4, 0.5) is 0 Å². The van der Waals surface area contributed by atoms with Crippen LogP contribution in [0.3, 0.4) is 0 Å². The Hall–Kier alpha value is -1.55. The van der Waals surface area contributed by atoms with E-state index in [9.17, 15) is 9.59 Å². The van der Waals surface area contributed by atoms with Crippen LogP contribution in [-0.2, 0) is 16.0 Å². The van der Waals surface area contributed by atoms with Crippen molar-refractivity contribution in [2.24, 2.45) is 5.92 Å². The SMILES string of the molecule is CN(C)C(=O)CC(Cc1ccccc1Cl)C(=O)O. The average molecular weight is 270 g/mol. The molecule has 18 heavy (non-hydrogen) atoms. The highest BCUT2D eigenvalue weighted by Gasteiger charge is 2.23. The maximum atomic E-state index is 11.6. The van der Waals surface area contributed by atoms with E-state index in [-0.39, 0.29) is 18.7 Å². The Labute approximate surface area is 111 Å². The van der Waals surface area contributed by atoms with E-state index in [1.165, 1.54) is 4.90 Å². The van der Waals surface area contributed by atoms with Crippen LogP contribution in [0.25, 0.3) is 0 Å². The first kappa shape index (κ1) is 14.5. The number of aliphatic carboxylic acids is 1. The van der Waals surface area contributed by atoms with Gasteiger partial charge in [0.1, 0.15) is 0 Å². The van der Waals surface area contributed by atoms with Crippen LogP contribution in [0.15, 0.2) is 24.3 Å². The van der Waals surface area contributed by atoms with E-state index in [1.54, 1.807) is 38.4 Å². The van der Waals surface area contributed by atoms with Gasteiger partial charge >= 0.3 is 5.97 Å². The summed E-state index contributed by atoms with van der Waals surface area (Å²) in [6.07, 6.45) is 0.238. The molecular weight excluding hydrogens is 254 g/mol. The van der Waals surface area contributed by atoms with Crippen molar-refractivity contribution in [1.29, 1.82) is 0 Å². The van der Waals surface area contributed by atoms with Gasteiger partial charge in [0.05, 0.1) is 5.92 Å². The molecule has 0 fully saturated rings.